The molecule has 0 aromatic carbocycles. The fourth-order valence-corrected chi connectivity index (χ4v) is 1.65. The average Bonchev–Trinajstić information content (AvgIpc) is 2.63. The van der Waals surface area contributed by atoms with E-state index in [0.29, 0.717) is 13.0 Å². The molecular weight excluding hydrogens is 186 g/mol. The molecule has 1 rings (SSSR count). The molecule has 1 unspecified atom stereocenters. The molecule has 5 heteroatoms. The number of rotatable bonds is 3. The second kappa shape index (κ2) is 4.41. The van der Waals surface area contributed by atoms with Crippen LogP contribution < -0.4 is 0 Å². The molecule has 0 bridgehead atoms. The van der Waals surface area contributed by atoms with Crippen LogP contribution in [-0.2, 0) is 9.59 Å². The van der Waals surface area contributed by atoms with E-state index in [1.54, 1.807) is 6.92 Å². The minimum absolute atomic E-state index is 0.234. The van der Waals surface area contributed by atoms with E-state index in [-0.39, 0.29) is 12.5 Å². The Balaban J connectivity index is 2.67. The van der Waals surface area contributed by atoms with Gasteiger partial charge in [0.15, 0.2) is 0 Å². The molecule has 2 N–H and O–H groups in total. The minimum Gasteiger partial charge on any atom is -0.480 e. The fraction of sp³-hybridized carbons (Fsp3) is 0.778. The zero-order valence-corrected chi connectivity index (χ0v) is 8.14. The van der Waals surface area contributed by atoms with Crippen molar-refractivity contribution < 1.29 is 19.8 Å². The molecule has 0 aliphatic carbocycles. The number of nitrogens with zero attached hydrogens (tertiary/aromatic N) is 1. The SMILES string of the molecule is CC(CO)C(=O)N1CCC[C@H]1C(=O)O. The van der Waals surface area contributed by atoms with Crippen molar-refractivity contribution in [3.63, 3.8) is 0 Å². The molecule has 0 aromatic rings. The monoisotopic (exact) mass is 201 g/mol. The molecule has 1 heterocycles. The number of hydrogen-bond acceptors (Lipinski definition) is 3. The lowest BCUT2D eigenvalue weighted by atomic mass is 10.1. The normalized spacial score (nSPS) is 23.6. The quantitative estimate of drug-likeness (QED) is 0.656. The second-order valence-corrected chi connectivity index (χ2v) is 3.61. The van der Waals surface area contributed by atoms with Crippen LogP contribution in [0.3, 0.4) is 0 Å². The van der Waals surface area contributed by atoms with Crippen LogP contribution >= 0.6 is 0 Å². The molecule has 80 valence electrons. The summed E-state index contributed by atoms with van der Waals surface area (Å²) >= 11 is 0. The first-order valence-corrected chi connectivity index (χ1v) is 4.72. The maximum atomic E-state index is 11.6. The Morgan fingerprint density at radius 3 is 2.71 bits per heavy atom. The zero-order chi connectivity index (χ0) is 10.7. The summed E-state index contributed by atoms with van der Waals surface area (Å²) in [5.41, 5.74) is 0. The zero-order valence-electron chi connectivity index (χ0n) is 8.14. The van der Waals surface area contributed by atoms with Gasteiger partial charge in [-0.05, 0) is 12.8 Å². The number of hydrogen-bond donors (Lipinski definition) is 2. The maximum absolute atomic E-state index is 11.6. The number of carbonyl (C=O) groups excluding carboxylic acids is 1. The van der Waals surface area contributed by atoms with Crippen molar-refractivity contribution in [2.24, 2.45) is 5.92 Å². The van der Waals surface area contributed by atoms with Crippen LogP contribution in [-0.4, -0.2) is 46.2 Å². The van der Waals surface area contributed by atoms with Gasteiger partial charge in [-0.3, -0.25) is 4.79 Å². The van der Waals surface area contributed by atoms with E-state index in [1.165, 1.54) is 4.90 Å². The largest absolute Gasteiger partial charge is 0.480 e. The Labute approximate surface area is 82.3 Å². The molecule has 0 saturated carbocycles. The molecular formula is C9H15NO4. The van der Waals surface area contributed by atoms with Crippen molar-refractivity contribution in [2.75, 3.05) is 13.2 Å². The van der Waals surface area contributed by atoms with E-state index in [9.17, 15) is 9.59 Å². The summed E-state index contributed by atoms with van der Waals surface area (Å²) in [4.78, 5) is 23.7. The van der Waals surface area contributed by atoms with Crippen LogP contribution in [0, 0.1) is 5.92 Å². The number of carboxylic acid groups (broad SMARTS) is 1. The van der Waals surface area contributed by atoms with E-state index >= 15 is 0 Å². The van der Waals surface area contributed by atoms with Crippen molar-refractivity contribution in [1.82, 2.24) is 4.90 Å². The topological polar surface area (TPSA) is 77.8 Å². The highest BCUT2D eigenvalue weighted by Gasteiger charge is 2.35. The first-order chi connectivity index (χ1) is 6.57. The van der Waals surface area contributed by atoms with Gasteiger partial charge in [0, 0.05) is 6.54 Å². The highest BCUT2D eigenvalue weighted by atomic mass is 16.4. The lowest BCUT2D eigenvalue weighted by molar-refractivity contribution is -0.150. The Hall–Kier alpha value is -1.10. The maximum Gasteiger partial charge on any atom is 0.326 e. The van der Waals surface area contributed by atoms with E-state index in [4.69, 9.17) is 10.2 Å². The highest BCUT2D eigenvalue weighted by Crippen LogP contribution is 2.19. The van der Waals surface area contributed by atoms with Crippen LogP contribution in [0.15, 0.2) is 0 Å². The van der Waals surface area contributed by atoms with Crippen molar-refractivity contribution in [3.8, 4) is 0 Å². The van der Waals surface area contributed by atoms with Crippen molar-refractivity contribution in [2.45, 2.75) is 25.8 Å². The highest BCUT2D eigenvalue weighted by molar-refractivity contribution is 5.85. The van der Waals surface area contributed by atoms with Crippen LogP contribution in [0.1, 0.15) is 19.8 Å². The van der Waals surface area contributed by atoms with Gasteiger partial charge in [0.25, 0.3) is 0 Å². The molecule has 1 aliphatic heterocycles. The van der Waals surface area contributed by atoms with E-state index in [0.717, 1.165) is 6.42 Å². The van der Waals surface area contributed by atoms with Gasteiger partial charge in [0.1, 0.15) is 6.04 Å². The number of carbonyl (C=O) groups is 2. The molecule has 0 spiro atoms. The summed E-state index contributed by atoms with van der Waals surface area (Å²) in [6.07, 6.45) is 1.24. The Morgan fingerprint density at radius 2 is 2.21 bits per heavy atom. The molecule has 1 amide bonds. The Kier molecular flexibility index (Phi) is 3.46. The van der Waals surface area contributed by atoms with Gasteiger partial charge in [-0.2, -0.15) is 0 Å². The summed E-state index contributed by atoms with van der Waals surface area (Å²) in [5.74, 6) is -1.73. The van der Waals surface area contributed by atoms with Gasteiger partial charge in [0.05, 0.1) is 12.5 Å². The molecule has 1 aliphatic rings. The molecule has 0 radical (unpaired) electrons. The average molecular weight is 201 g/mol. The minimum atomic E-state index is -0.957. The lowest BCUT2D eigenvalue weighted by Crippen LogP contribution is -2.43. The van der Waals surface area contributed by atoms with Crippen molar-refractivity contribution in [3.05, 3.63) is 0 Å². The fourth-order valence-electron chi connectivity index (χ4n) is 1.65. The van der Waals surface area contributed by atoms with Crippen LogP contribution in [0.4, 0.5) is 0 Å². The summed E-state index contributed by atoms with van der Waals surface area (Å²) in [5, 5.41) is 17.6. The summed E-state index contributed by atoms with van der Waals surface area (Å²) < 4.78 is 0. The van der Waals surface area contributed by atoms with Crippen LogP contribution in [0.25, 0.3) is 0 Å². The third-order valence-corrected chi connectivity index (χ3v) is 2.52. The molecule has 5 nitrogen and oxygen atoms in total. The first-order valence-electron chi connectivity index (χ1n) is 4.72. The van der Waals surface area contributed by atoms with E-state index in [2.05, 4.69) is 0 Å². The molecule has 1 fully saturated rings. The van der Waals surface area contributed by atoms with Gasteiger partial charge >= 0.3 is 5.97 Å². The number of aliphatic carboxylic acids is 1. The second-order valence-electron chi connectivity index (χ2n) is 3.61. The van der Waals surface area contributed by atoms with Gasteiger partial charge < -0.3 is 15.1 Å². The number of amides is 1. The Morgan fingerprint density at radius 1 is 1.57 bits per heavy atom. The molecule has 1 saturated heterocycles. The van der Waals surface area contributed by atoms with Crippen LogP contribution in [0.5, 0.6) is 0 Å². The standard InChI is InChI=1S/C9H15NO4/c1-6(5-11)8(12)10-4-2-3-7(10)9(13)14/h6-7,11H,2-5H2,1H3,(H,13,14)/t6?,7-/m0/s1. The third kappa shape index (κ3) is 2.04. The van der Waals surface area contributed by atoms with Gasteiger partial charge in [-0.15, -0.1) is 0 Å². The number of likely N-dealkylation sites (tertiary alicyclic amines) is 1. The number of aliphatic hydroxyl groups excluding tert-OH is 1. The Bertz CT molecular complexity index is 241. The van der Waals surface area contributed by atoms with E-state index < -0.39 is 17.9 Å². The van der Waals surface area contributed by atoms with Crippen molar-refractivity contribution in [1.29, 1.82) is 0 Å². The first kappa shape index (κ1) is 11.0. The number of aliphatic hydroxyl groups is 1. The van der Waals surface area contributed by atoms with Gasteiger partial charge in [-0.25, -0.2) is 4.79 Å². The smallest absolute Gasteiger partial charge is 0.326 e. The van der Waals surface area contributed by atoms with Crippen LogP contribution in [0.2, 0.25) is 0 Å². The van der Waals surface area contributed by atoms with Gasteiger partial charge in [-0.1, -0.05) is 6.92 Å². The molecule has 2 atom stereocenters. The van der Waals surface area contributed by atoms with Gasteiger partial charge in [0.2, 0.25) is 5.91 Å². The lowest BCUT2D eigenvalue weighted by Gasteiger charge is -2.23. The summed E-state index contributed by atoms with van der Waals surface area (Å²) in [6, 6.07) is -0.698. The third-order valence-electron chi connectivity index (χ3n) is 2.52. The molecule has 14 heavy (non-hydrogen) atoms. The summed E-state index contributed by atoms with van der Waals surface area (Å²) in [6.45, 7) is 1.85. The van der Waals surface area contributed by atoms with E-state index in [1.807, 2.05) is 0 Å². The summed E-state index contributed by atoms with van der Waals surface area (Å²) in [7, 11) is 0. The number of carboxylic acids is 1. The van der Waals surface area contributed by atoms with Crippen molar-refractivity contribution >= 4 is 11.9 Å². The predicted octanol–water partition coefficient (Wildman–Crippen LogP) is -0.310. The molecule has 0 aromatic heterocycles. The predicted molar refractivity (Wildman–Crippen MR) is 48.6 cm³/mol.